The molecule has 0 aliphatic heterocycles. The molecule has 0 aliphatic rings. The number of benzene rings is 3. The van der Waals surface area contributed by atoms with Gasteiger partial charge < -0.3 is 14.8 Å². The van der Waals surface area contributed by atoms with Crippen LogP contribution in [0, 0.1) is 0 Å². The van der Waals surface area contributed by atoms with Crippen molar-refractivity contribution in [3.8, 4) is 11.5 Å². The van der Waals surface area contributed by atoms with Gasteiger partial charge in [0.25, 0.3) is 17.4 Å². The highest BCUT2D eigenvalue weighted by Crippen LogP contribution is 2.25. The molecule has 1 aromatic heterocycles. The van der Waals surface area contributed by atoms with E-state index in [0.717, 1.165) is 0 Å². The van der Waals surface area contributed by atoms with E-state index in [1.165, 1.54) is 7.11 Å². The number of ether oxygens (including phenoxy) is 2. The highest BCUT2D eigenvalue weighted by Gasteiger charge is 2.27. The Morgan fingerprint density at radius 1 is 0.946 bits per heavy atom. The van der Waals surface area contributed by atoms with E-state index >= 15 is 0 Å². The molecule has 3 N–H and O–H groups in total. The number of aromatic amines is 1. The van der Waals surface area contributed by atoms with Crippen molar-refractivity contribution in [2.45, 2.75) is 13.0 Å². The minimum absolute atomic E-state index is 0.173. The van der Waals surface area contributed by atoms with Gasteiger partial charge in [0.1, 0.15) is 17.2 Å². The lowest BCUT2D eigenvalue weighted by Crippen LogP contribution is -2.40. The van der Waals surface area contributed by atoms with Crippen LogP contribution in [-0.2, 0) is 4.79 Å². The zero-order valence-corrected chi connectivity index (χ0v) is 20.4. The molecule has 10 nitrogen and oxygen atoms in total. The summed E-state index contributed by atoms with van der Waals surface area (Å²) in [5, 5.41) is 14.2. The fourth-order valence-corrected chi connectivity index (χ4v) is 3.78. The number of rotatable bonds is 8. The third-order valence-electron chi connectivity index (χ3n) is 5.70. The summed E-state index contributed by atoms with van der Waals surface area (Å²) in [6.45, 7) is 1.70. The number of carbonyl (C=O) groups is 2. The van der Waals surface area contributed by atoms with Crippen LogP contribution in [0.5, 0.6) is 11.5 Å². The molecule has 0 saturated heterocycles. The molecular weight excluding hydrogens is 474 g/mol. The summed E-state index contributed by atoms with van der Waals surface area (Å²) in [4.78, 5) is 38.7. The quantitative estimate of drug-likeness (QED) is 0.252. The summed E-state index contributed by atoms with van der Waals surface area (Å²) in [5.41, 5.74) is 3.73. The van der Waals surface area contributed by atoms with Gasteiger partial charge in [-0.3, -0.25) is 14.4 Å². The van der Waals surface area contributed by atoms with Gasteiger partial charge in [-0.2, -0.15) is 10.2 Å². The second-order valence-corrected chi connectivity index (χ2v) is 8.00. The van der Waals surface area contributed by atoms with Gasteiger partial charge in [-0.15, -0.1) is 0 Å². The zero-order chi connectivity index (χ0) is 26.4. The summed E-state index contributed by atoms with van der Waals surface area (Å²) < 4.78 is 10.6. The van der Waals surface area contributed by atoms with Gasteiger partial charge in [0.15, 0.2) is 6.04 Å². The molecule has 1 atom stereocenters. The molecule has 37 heavy (non-hydrogen) atoms. The van der Waals surface area contributed by atoms with E-state index in [4.69, 9.17) is 9.47 Å². The Balaban J connectivity index is 1.69. The second kappa shape index (κ2) is 11.2. The maximum Gasteiger partial charge on any atom is 0.272 e. The predicted molar refractivity (Wildman–Crippen MR) is 139 cm³/mol. The van der Waals surface area contributed by atoms with E-state index in [0.29, 0.717) is 39.1 Å². The van der Waals surface area contributed by atoms with Crippen LogP contribution in [0.3, 0.4) is 0 Å². The molecule has 0 saturated carbocycles. The fourth-order valence-electron chi connectivity index (χ4n) is 3.78. The van der Waals surface area contributed by atoms with Crippen LogP contribution in [0.1, 0.15) is 34.6 Å². The molecular formula is C27H25N5O5. The van der Waals surface area contributed by atoms with Crippen LogP contribution >= 0.6 is 0 Å². The van der Waals surface area contributed by atoms with Crippen molar-refractivity contribution in [1.82, 2.24) is 20.9 Å². The number of aromatic nitrogens is 2. The average molecular weight is 500 g/mol. The van der Waals surface area contributed by atoms with Crippen molar-refractivity contribution in [3.63, 3.8) is 0 Å². The minimum atomic E-state index is -1.26. The molecule has 3 aromatic carbocycles. The number of nitrogens with zero attached hydrogens (tertiary/aromatic N) is 2. The SMILES string of the molecule is COc1ccc(C(C)=NNC(=O)[C@@H](NC(=O)c2ccccc2)c2n[nH]c(=O)c3ccccc23)c(OC)c1. The molecule has 0 spiro atoms. The maximum absolute atomic E-state index is 13.4. The van der Waals surface area contributed by atoms with Gasteiger partial charge in [-0.1, -0.05) is 36.4 Å². The lowest BCUT2D eigenvalue weighted by Gasteiger charge is -2.18. The van der Waals surface area contributed by atoms with Crippen LogP contribution in [-0.4, -0.2) is 41.9 Å². The smallest absolute Gasteiger partial charge is 0.272 e. The van der Waals surface area contributed by atoms with E-state index in [-0.39, 0.29) is 5.69 Å². The van der Waals surface area contributed by atoms with Crippen LogP contribution in [0.4, 0.5) is 0 Å². The second-order valence-electron chi connectivity index (χ2n) is 8.00. The first kappa shape index (κ1) is 25.1. The van der Waals surface area contributed by atoms with Crippen LogP contribution in [0.25, 0.3) is 10.8 Å². The van der Waals surface area contributed by atoms with E-state index in [2.05, 4.69) is 26.0 Å². The first-order chi connectivity index (χ1) is 17.9. The van der Waals surface area contributed by atoms with Gasteiger partial charge >= 0.3 is 0 Å². The monoisotopic (exact) mass is 499 g/mol. The number of carbonyl (C=O) groups excluding carboxylic acids is 2. The van der Waals surface area contributed by atoms with E-state index < -0.39 is 23.4 Å². The Labute approximate surface area is 212 Å². The molecule has 1 heterocycles. The van der Waals surface area contributed by atoms with Crippen LogP contribution < -0.4 is 25.8 Å². The fraction of sp³-hybridized carbons (Fsp3) is 0.148. The number of H-pyrrole nitrogens is 1. The van der Waals surface area contributed by atoms with Crippen molar-refractivity contribution >= 4 is 28.3 Å². The molecule has 0 aliphatic carbocycles. The summed E-state index contributed by atoms with van der Waals surface area (Å²) in [7, 11) is 3.07. The number of fused-ring (bicyclic) bond motifs is 1. The number of hydrazone groups is 1. The van der Waals surface area contributed by atoms with Gasteiger partial charge in [-0.25, -0.2) is 10.5 Å². The number of hydrogen-bond donors (Lipinski definition) is 3. The summed E-state index contributed by atoms with van der Waals surface area (Å²) >= 11 is 0. The standard InChI is InChI=1S/C27H25N5O5/c1-16(19-14-13-18(36-2)15-22(19)37-3)29-32-27(35)24(28-25(33)17-9-5-4-6-10-17)23-20-11-7-8-12-21(20)26(34)31-30-23/h4-15,24H,1-3H3,(H,28,33)(H,31,34)(H,32,35)/t24-/m0/s1. The number of nitrogens with one attached hydrogen (secondary N) is 3. The Hall–Kier alpha value is -4.99. The van der Waals surface area contributed by atoms with E-state index in [1.54, 1.807) is 86.8 Å². The average Bonchev–Trinajstić information content (AvgIpc) is 2.95. The predicted octanol–water partition coefficient (Wildman–Crippen LogP) is 2.95. The van der Waals surface area contributed by atoms with Gasteiger partial charge in [-0.05, 0) is 37.3 Å². The van der Waals surface area contributed by atoms with E-state index in [9.17, 15) is 14.4 Å². The molecule has 4 rings (SSSR count). The summed E-state index contributed by atoms with van der Waals surface area (Å²) in [6, 6.07) is 19.1. The molecule has 0 bridgehead atoms. The highest BCUT2D eigenvalue weighted by molar-refractivity contribution is 6.03. The lowest BCUT2D eigenvalue weighted by molar-refractivity contribution is -0.123. The van der Waals surface area contributed by atoms with Crippen LogP contribution in [0.2, 0.25) is 0 Å². The van der Waals surface area contributed by atoms with Crippen molar-refractivity contribution in [2.24, 2.45) is 5.10 Å². The third kappa shape index (κ3) is 5.48. The minimum Gasteiger partial charge on any atom is -0.497 e. The van der Waals surface area contributed by atoms with E-state index in [1.807, 2.05) is 0 Å². The Morgan fingerprint density at radius 2 is 1.65 bits per heavy atom. The van der Waals surface area contributed by atoms with Crippen LogP contribution in [0.15, 0.2) is 82.7 Å². The summed E-state index contributed by atoms with van der Waals surface area (Å²) in [6.07, 6.45) is 0. The molecule has 2 amide bonds. The van der Waals surface area contributed by atoms with Crippen molar-refractivity contribution in [1.29, 1.82) is 0 Å². The van der Waals surface area contributed by atoms with Gasteiger partial charge in [0.05, 0.1) is 25.3 Å². The third-order valence-corrected chi connectivity index (χ3v) is 5.70. The molecule has 0 unspecified atom stereocenters. The normalized spacial score (nSPS) is 12.0. The zero-order valence-electron chi connectivity index (χ0n) is 20.4. The molecule has 0 fully saturated rings. The molecule has 4 aromatic rings. The van der Waals surface area contributed by atoms with Gasteiger partial charge in [0, 0.05) is 22.6 Å². The molecule has 0 radical (unpaired) electrons. The Morgan fingerprint density at radius 3 is 2.35 bits per heavy atom. The largest absolute Gasteiger partial charge is 0.497 e. The first-order valence-corrected chi connectivity index (χ1v) is 11.3. The molecule has 188 valence electrons. The number of amides is 2. The Kier molecular flexibility index (Phi) is 7.58. The van der Waals surface area contributed by atoms with Crippen molar-refractivity contribution in [3.05, 3.63) is 100.0 Å². The van der Waals surface area contributed by atoms with Crippen molar-refractivity contribution < 1.29 is 19.1 Å². The molecule has 10 heteroatoms. The van der Waals surface area contributed by atoms with Gasteiger partial charge in [0.2, 0.25) is 0 Å². The summed E-state index contributed by atoms with van der Waals surface area (Å²) in [5.74, 6) is -0.0228. The maximum atomic E-state index is 13.4. The van der Waals surface area contributed by atoms with Crippen molar-refractivity contribution in [2.75, 3.05) is 14.2 Å². The number of hydrogen-bond acceptors (Lipinski definition) is 7. The lowest BCUT2D eigenvalue weighted by atomic mass is 10.0. The first-order valence-electron chi connectivity index (χ1n) is 11.3. The topological polar surface area (TPSA) is 135 Å². The Bertz CT molecular complexity index is 1530. The highest BCUT2D eigenvalue weighted by atomic mass is 16.5. The number of methoxy groups -OCH3 is 2.